The van der Waals surface area contributed by atoms with Crippen LogP contribution in [-0.4, -0.2) is 87.2 Å². The normalized spacial score (nSPS) is 22.9. The fourth-order valence-corrected chi connectivity index (χ4v) is 7.19. The second kappa shape index (κ2) is 12.5. The van der Waals surface area contributed by atoms with Crippen LogP contribution in [0.2, 0.25) is 0 Å². The fraction of sp³-hybridized carbons (Fsp3) is 0.533. The number of benzene rings is 2. The standard InChI is InChI=1S/C30H39N3O5S.ClH/c1-3-38-29(35)33-21-25(27(22-33)24-7-5-4-6-8-24)20-31-16-13-30(14-17-31)15-18-32(28(30)34)19-23-9-11-26(12-10-23)39(2,36)37;/h4-12,25,27H,3,13-22H2,1-2H3;1H/t25-,27+;/m0./s1. The highest BCUT2D eigenvalue weighted by Gasteiger charge is 2.48. The third-order valence-electron chi connectivity index (χ3n) is 8.83. The highest BCUT2D eigenvalue weighted by molar-refractivity contribution is 7.90. The number of rotatable bonds is 7. The van der Waals surface area contributed by atoms with Gasteiger partial charge in [-0.2, -0.15) is 0 Å². The van der Waals surface area contributed by atoms with Crippen molar-refractivity contribution in [1.29, 1.82) is 0 Å². The van der Waals surface area contributed by atoms with E-state index in [1.54, 1.807) is 12.1 Å². The molecule has 5 rings (SSSR count). The molecule has 0 unspecified atom stereocenters. The number of carbonyl (C=O) groups excluding carboxylic acids is 2. The first kappa shape index (κ1) is 30.3. The van der Waals surface area contributed by atoms with Gasteiger partial charge >= 0.3 is 6.09 Å². The van der Waals surface area contributed by atoms with Crippen LogP contribution >= 0.6 is 12.4 Å². The zero-order valence-corrected chi connectivity index (χ0v) is 25.0. The minimum absolute atomic E-state index is 0. The number of halogens is 1. The Morgan fingerprint density at radius 2 is 1.62 bits per heavy atom. The lowest BCUT2D eigenvalue weighted by Gasteiger charge is -2.39. The molecule has 40 heavy (non-hydrogen) atoms. The van der Waals surface area contributed by atoms with E-state index >= 15 is 0 Å². The molecule has 3 saturated heterocycles. The number of piperidine rings is 1. The summed E-state index contributed by atoms with van der Waals surface area (Å²) in [6, 6.07) is 17.3. The van der Waals surface area contributed by atoms with Crippen LogP contribution in [0, 0.1) is 11.3 Å². The number of likely N-dealkylation sites (tertiary alicyclic amines) is 3. The summed E-state index contributed by atoms with van der Waals surface area (Å²) in [5.74, 6) is 0.812. The van der Waals surface area contributed by atoms with Gasteiger partial charge in [-0.05, 0) is 68.5 Å². The second-order valence-electron chi connectivity index (χ2n) is 11.4. The highest BCUT2D eigenvalue weighted by atomic mass is 35.5. The van der Waals surface area contributed by atoms with Crippen LogP contribution in [0.5, 0.6) is 0 Å². The van der Waals surface area contributed by atoms with Gasteiger partial charge in [0.05, 0.1) is 16.9 Å². The molecule has 10 heteroatoms. The Morgan fingerprint density at radius 1 is 0.975 bits per heavy atom. The zero-order chi connectivity index (χ0) is 27.6. The Balaban J connectivity index is 0.00000370. The molecule has 8 nitrogen and oxygen atoms in total. The van der Waals surface area contributed by atoms with Crippen LogP contribution in [0.3, 0.4) is 0 Å². The van der Waals surface area contributed by atoms with Crippen molar-refractivity contribution in [2.24, 2.45) is 11.3 Å². The van der Waals surface area contributed by atoms with E-state index in [1.807, 2.05) is 34.9 Å². The second-order valence-corrected chi connectivity index (χ2v) is 13.4. The molecule has 3 fully saturated rings. The third kappa shape index (κ3) is 6.47. The van der Waals surface area contributed by atoms with E-state index in [-0.39, 0.29) is 35.7 Å². The first-order valence-corrected chi connectivity index (χ1v) is 15.8. The van der Waals surface area contributed by atoms with Crippen LogP contribution in [0.25, 0.3) is 0 Å². The molecule has 0 aliphatic carbocycles. The molecule has 0 saturated carbocycles. The molecule has 3 aliphatic heterocycles. The Morgan fingerprint density at radius 3 is 2.25 bits per heavy atom. The van der Waals surface area contributed by atoms with Gasteiger partial charge < -0.3 is 19.4 Å². The van der Waals surface area contributed by atoms with Crippen molar-refractivity contribution < 1.29 is 22.7 Å². The Labute approximate surface area is 244 Å². The van der Waals surface area contributed by atoms with Crippen LogP contribution in [0.1, 0.15) is 43.2 Å². The fourth-order valence-electron chi connectivity index (χ4n) is 6.56. The number of carbonyl (C=O) groups is 2. The molecule has 2 aromatic carbocycles. The Hall–Kier alpha value is -2.62. The zero-order valence-electron chi connectivity index (χ0n) is 23.3. The van der Waals surface area contributed by atoms with Crippen molar-refractivity contribution in [2.45, 2.75) is 43.5 Å². The number of sulfone groups is 1. The molecular formula is C30H40ClN3O5S. The van der Waals surface area contributed by atoms with Gasteiger partial charge in [0.25, 0.3) is 0 Å². The van der Waals surface area contributed by atoms with Gasteiger partial charge in [-0.15, -0.1) is 12.4 Å². The largest absolute Gasteiger partial charge is 0.450 e. The number of ether oxygens (including phenoxy) is 1. The number of hydrogen-bond acceptors (Lipinski definition) is 6. The summed E-state index contributed by atoms with van der Waals surface area (Å²) in [6.07, 6.45) is 3.53. The maximum absolute atomic E-state index is 13.5. The van der Waals surface area contributed by atoms with E-state index < -0.39 is 9.84 Å². The van der Waals surface area contributed by atoms with Crippen molar-refractivity contribution >= 4 is 34.2 Å². The summed E-state index contributed by atoms with van der Waals surface area (Å²) < 4.78 is 28.8. The SMILES string of the molecule is CCOC(=O)N1C[C@H](CN2CCC3(CC2)CCN(Cc2ccc(S(C)(=O)=O)cc2)C3=O)[C@@H](c2ccccc2)C1.Cl. The van der Waals surface area contributed by atoms with Crippen molar-refractivity contribution in [3.8, 4) is 0 Å². The molecule has 0 aromatic heterocycles. The van der Waals surface area contributed by atoms with Gasteiger partial charge in [0.1, 0.15) is 0 Å². The molecule has 3 aliphatic rings. The van der Waals surface area contributed by atoms with E-state index in [4.69, 9.17) is 4.74 Å². The van der Waals surface area contributed by atoms with Crippen molar-refractivity contribution in [1.82, 2.24) is 14.7 Å². The molecule has 0 N–H and O–H groups in total. The van der Waals surface area contributed by atoms with Crippen molar-refractivity contribution in [3.63, 3.8) is 0 Å². The highest BCUT2D eigenvalue weighted by Crippen LogP contribution is 2.43. The molecule has 0 radical (unpaired) electrons. The summed E-state index contributed by atoms with van der Waals surface area (Å²) in [5, 5.41) is 0. The average Bonchev–Trinajstić information content (AvgIpc) is 3.48. The predicted molar refractivity (Wildman–Crippen MR) is 156 cm³/mol. The number of hydrogen-bond donors (Lipinski definition) is 0. The van der Waals surface area contributed by atoms with E-state index in [0.717, 1.165) is 51.0 Å². The van der Waals surface area contributed by atoms with Crippen LogP contribution in [0.4, 0.5) is 4.79 Å². The lowest BCUT2D eigenvalue weighted by atomic mass is 9.76. The summed E-state index contributed by atoms with van der Waals surface area (Å²) in [6.45, 7) is 7.47. The topological polar surface area (TPSA) is 87.2 Å². The molecule has 3 heterocycles. The molecule has 218 valence electrons. The summed E-state index contributed by atoms with van der Waals surface area (Å²) in [5.41, 5.74) is 1.91. The number of nitrogens with zero attached hydrogens (tertiary/aromatic N) is 3. The molecule has 0 bridgehead atoms. The third-order valence-corrected chi connectivity index (χ3v) is 9.96. The first-order valence-electron chi connectivity index (χ1n) is 14.0. The van der Waals surface area contributed by atoms with E-state index in [0.29, 0.717) is 37.1 Å². The predicted octanol–water partition coefficient (Wildman–Crippen LogP) is 4.20. The summed E-state index contributed by atoms with van der Waals surface area (Å²) in [7, 11) is -3.23. The van der Waals surface area contributed by atoms with E-state index in [2.05, 4.69) is 29.2 Å². The molecular weight excluding hydrogens is 550 g/mol. The first-order chi connectivity index (χ1) is 18.7. The maximum Gasteiger partial charge on any atom is 0.409 e. The Bertz CT molecular complexity index is 1280. The molecule has 2 aromatic rings. The van der Waals surface area contributed by atoms with Crippen LogP contribution in [-0.2, 0) is 25.9 Å². The van der Waals surface area contributed by atoms with Crippen molar-refractivity contribution in [2.75, 3.05) is 52.1 Å². The van der Waals surface area contributed by atoms with Gasteiger partial charge in [0.2, 0.25) is 5.91 Å². The lowest BCUT2D eigenvalue weighted by molar-refractivity contribution is -0.139. The minimum atomic E-state index is -3.23. The summed E-state index contributed by atoms with van der Waals surface area (Å²) in [4.78, 5) is 32.6. The van der Waals surface area contributed by atoms with Crippen LogP contribution < -0.4 is 0 Å². The van der Waals surface area contributed by atoms with Gasteiger partial charge in [-0.3, -0.25) is 4.79 Å². The van der Waals surface area contributed by atoms with Crippen LogP contribution in [0.15, 0.2) is 59.5 Å². The summed E-state index contributed by atoms with van der Waals surface area (Å²) >= 11 is 0. The molecule has 1 spiro atoms. The number of amides is 2. The molecule has 2 atom stereocenters. The van der Waals surface area contributed by atoms with Crippen molar-refractivity contribution in [3.05, 3.63) is 65.7 Å². The monoisotopic (exact) mass is 589 g/mol. The quantitative estimate of drug-likeness (QED) is 0.481. The average molecular weight is 590 g/mol. The van der Waals surface area contributed by atoms with E-state index in [1.165, 1.54) is 11.8 Å². The van der Waals surface area contributed by atoms with Gasteiger partial charge in [0.15, 0.2) is 9.84 Å². The maximum atomic E-state index is 13.5. The van der Waals surface area contributed by atoms with Gasteiger partial charge in [-0.25, -0.2) is 13.2 Å². The smallest absolute Gasteiger partial charge is 0.409 e. The lowest BCUT2D eigenvalue weighted by Crippen LogP contribution is -2.46. The Kier molecular flexibility index (Phi) is 9.47. The molecule has 2 amide bonds. The van der Waals surface area contributed by atoms with Gasteiger partial charge in [0, 0.05) is 44.9 Å². The van der Waals surface area contributed by atoms with Gasteiger partial charge in [-0.1, -0.05) is 42.5 Å². The minimum Gasteiger partial charge on any atom is -0.450 e. The van der Waals surface area contributed by atoms with E-state index in [9.17, 15) is 18.0 Å².